The van der Waals surface area contributed by atoms with Gasteiger partial charge < -0.3 is 11.1 Å². The average Bonchev–Trinajstić information content (AvgIpc) is 2.45. The Morgan fingerprint density at radius 2 is 1.67 bits per heavy atom. The Kier molecular flexibility index (Phi) is 4.59. The first kappa shape index (κ1) is 15.1. The van der Waals surface area contributed by atoms with Crippen molar-refractivity contribution in [3.63, 3.8) is 0 Å². The Morgan fingerprint density at radius 3 is 2.19 bits per heavy atom. The van der Waals surface area contributed by atoms with Crippen LogP contribution >= 0.6 is 12.2 Å². The van der Waals surface area contributed by atoms with Crippen molar-refractivity contribution in [2.45, 2.75) is 6.54 Å². The molecule has 0 saturated heterocycles. The zero-order chi connectivity index (χ0) is 15.4. The molecule has 21 heavy (non-hydrogen) atoms. The van der Waals surface area contributed by atoms with Gasteiger partial charge in [0, 0.05) is 12.1 Å². The lowest BCUT2D eigenvalue weighted by Gasteiger charge is -2.07. The second-order valence-corrected chi connectivity index (χ2v) is 4.78. The Balaban J connectivity index is 2.06. The molecule has 0 aromatic heterocycles. The number of carbonyl (C=O) groups excluding carboxylic acids is 1. The van der Waals surface area contributed by atoms with E-state index in [-0.39, 0.29) is 11.5 Å². The minimum atomic E-state index is -0.892. The quantitative estimate of drug-likeness (QED) is 0.854. The molecule has 3 nitrogen and oxygen atoms in total. The number of halogens is 2. The van der Waals surface area contributed by atoms with E-state index in [0.717, 1.165) is 17.7 Å². The van der Waals surface area contributed by atoms with E-state index in [9.17, 15) is 13.6 Å². The summed E-state index contributed by atoms with van der Waals surface area (Å²) >= 11 is 4.83. The predicted molar refractivity (Wildman–Crippen MR) is 79.9 cm³/mol. The molecule has 0 atom stereocenters. The number of hydrogen-bond donors (Lipinski definition) is 2. The van der Waals surface area contributed by atoms with Gasteiger partial charge in [0.1, 0.15) is 22.2 Å². The molecule has 2 aromatic rings. The van der Waals surface area contributed by atoms with Gasteiger partial charge >= 0.3 is 0 Å². The van der Waals surface area contributed by atoms with E-state index in [4.69, 9.17) is 18.0 Å². The number of nitrogens with one attached hydrogen (secondary N) is 1. The Labute approximate surface area is 125 Å². The summed E-state index contributed by atoms with van der Waals surface area (Å²) < 4.78 is 26.9. The van der Waals surface area contributed by atoms with Gasteiger partial charge in [-0.05, 0) is 17.7 Å². The summed E-state index contributed by atoms with van der Waals surface area (Å²) in [6.45, 7) is 0.143. The number of amides is 1. The van der Waals surface area contributed by atoms with E-state index >= 15 is 0 Å². The summed E-state index contributed by atoms with van der Waals surface area (Å²) in [5, 5.41) is 2.46. The molecule has 108 valence electrons. The van der Waals surface area contributed by atoms with Crippen LogP contribution in [0, 0.1) is 11.6 Å². The molecule has 3 N–H and O–H groups in total. The number of carbonyl (C=O) groups is 1. The van der Waals surface area contributed by atoms with E-state index in [1.165, 1.54) is 6.07 Å². The number of thiocarbonyl (C=S) groups is 1. The van der Waals surface area contributed by atoms with Gasteiger partial charge in [0.2, 0.25) is 0 Å². The van der Waals surface area contributed by atoms with Crippen molar-refractivity contribution in [1.29, 1.82) is 0 Å². The SMILES string of the molecule is NC(=S)c1ccc(CNC(=O)c2c(F)cccc2F)cc1. The summed E-state index contributed by atoms with van der Waals surface area (Å²) in [6.07, 6.45) is 0. The minimum Gasteiger partial charge on any atom is -0.389 e. The molecule has 0 bridgehead atoms. The molecule has 2 rings (SSSR count). The number of rotatable bonds is 4. The lowest BCUT2D eigenvalue weighted by atomic mass is 10.1. The van der Waals surface area contributed by atoms with Crippen LogP contribution in [0.5, 0.6) is 0 Å². The van der Waals surface area contributed by atoms with Crippen LogP contribution in [0.25, 0.3) is 0 Å². The zero-order valence-corrected chi connectivity index (χ0v) is 11.7. The van der Waals surface area contributed by atoms with Crippen LogP contribution in [-0.2, 0) is 6.54 Å². The minimum absolute atomic E-state index is 0.143. The monoisotopic (exact) mass is 306 g/mol. The van der Waals surface area contributed by atoms with Crippen molar-refractivity contribution in [1.82, 2.24) is 5.32 Å². The first-order valence-corrected chi connectivity index (χ1v) is 6.51. The standard InChI is InChI=1S/C15H12F2N2OS/c16-11-2-1-3-12(17)13(11)15(20)19-8-9-4-6-10(7-5-9)14(18)21/h1-7H,8H2,(H2,18,21)(H,19,20). The lowest BCUT2D eigenvalue weighted by Crippen LogP contribution is -2.25. The number of hydrogen-bond acceptors (Lipinski definition) is 2. The Bertz CT molecular complexity index is 666. The van der Waals surface area contributed by atoms with E-state index < -0.39 is 23.1 Å². The Hall–Kier alpha value is -2.34. The fraction of sp³-hybridized carbons (Fsp3) is 0.0667. The highest BCUT2D eigenvalue weighted by Crippen LogP contribution is 2.12. The molecule has 0 fully saturated rings. The molecule has 0 radical (unpaired) electrons. The van der Waals surface area contributed by atoms with Crippen molar-refractivity contribution in [3.8, 4) is 0 Å². The van der Waals surface area contributed by atoms with E-state index in [2.05, 4.69) is 5.32 Å². The first-order valence-electron chi connectivity index (χ1n) is 6.10. The highest BCUT2D eigenvalue weighted by molar-refractivity contribution is 7.80. The largest absolute Gasteiger partial charge is 0.389 e. The molecule has 0 heterocycles. The van der Waals surface area contributed by atoms with Crippen molar-refractivity contribution in [2.75, 3.05) is 0 Å². The van der Waals surface area contributed by atoms with Crippen LogP contribution in [0.4, 0.5) is 8.78 Å². The van der Waals surface area contributed by atoms with Crippen molar-refractivity contribution >= 4 is 23.1 Å². The van der Waals surface area contributed by atoms with Crippen molar-refractivity contribution in [2.24, 2.45) is 5.73 Å². The first-order chi connectivity index (χ1) is 9.99. The summed E-state index contributed by atoms with van der Waals surface area (Å²) in [6, 6.07) is 10.2. The normalized spacial score (nSPS) is 10.2. The predicted octanol–water partition coefficient (Wildman–Crippen LogP) is 2.53. The maximum absolute atomic E-state index is 13.4. The maximum atomic E-state index is 13.4. The number of benzene rings is 2. The highest BCUT2D eigenvalue weighted by atomic mass is 32.1. The molecule has 0 unspecified atom stereocenters. The average molecular weight is 306 g/mol. The van der Waals surface area contributed by atoms with Gasteiger partial charge in [0.05, 0.1) is 0 Å². The van der Waals surface area contributed by atoms with Gasteiger partial charge in [-0.3, -0.25) is 4.79 Å². The molecule has 0 aliphatic heterocycles. The molecule has 0 aliphatic rings. The van der Waals surface area contributed by atoms with Crippen molar-refractivity contribution in [3.05, 3.63) is 70.8 Å². The summed E-state index contributed by atoms with van der Waals surface area (Å²) in [5.41, 5.74) is 6.36. The van der Waals surface area contributed by atoms with Gasteiger partial charge in [-0.1, -0.05) is 42.5 Å². The third kappa shape index (κ3) is 3.61. The smallest absolute Gasteiger partial charge is 0.257 e. The third-order valence-electron chi connectivity index (χ3n) is 2.88. The second-order valence-electron chi connectivity index (χ2n) is 4.34. The van der Waals surface area contributed by atoms with Crippen LogP contribution in [-0.4, -0.2) is 10.9 Å². The lowest BCUT2D eigenvalue weighted by molar-refractivity contribution is 0.0942. The molecule has 0 aliphatic carbocycles. The van der Waals surface area contributed by atoms with Crippen LogP contribution in [0.15, 0.2) is 42.5 Å². The van der Waals surface area contributed by atoms with Gasteiger partial charge in [0.15, 0.2) is 0 Å². The third-order valence-corrected chi connectivity index (χ3v) is 3.12. The summed E-state index contributed by atoms with van der Waals surface area (Å²) in [7, 11) is 0. The molecule has 6 heteroatoms. The van der Waals surface area contributed by atoms with Crippen LogP contribution < -0.4 is 11.1 Å². The summed E-state index contributed by atoms with van der Waals surface area (Å²) in [5.74, 6) is -2.59. The Morgan fingerprint density at radius 1 is 1.10 bits per heavy atom. The molecular weight excluding hydrogens is 294 g/mol. The fourth-order valence-electron chi connectivity index (χ4n) is 1.77. The van der Waals surface area contributed by atoms with Gasteiger partial charge in [-0.2, -0.15) is 0 Å². The highest BCUT2D eigenvalue weighted by Gasteiger charge is 2.16. The van der Waals surface area contributed by atoms with Crippen LogP contribution in [0.1, 0.15) is 21.5 Å². The number of nitrogens with two attached hydrogens (primary N) is 1. The molecule has 1 amide bonds. The van der Waals surface area contributed by atoms with Crippen molar-refractivity contribution < 1.29 is 13.6 Å². The molecule has 2 aromatic carbocycles. The summed E-state index contributed by atoms with van der Waals surface area (Å²) in [4.78, 5) is 12.1. The van der Waals surface area contributed by atoms with Gasteiger partial charge in [0.25, 0.3) is 5.91 Å². The maximum Gasteiger partial charge on any atom is 0.257 e. The topological polar surface area (TPSA) is 55.1 Å². The van der Waals surface area contributed by atoms with E-state index in [1.807, 2.05) is 0 Å². The molecule has 0 spiro atoms. The fourth-order valence-corrected chi connectivity index (χ4v) is 1.91. The van der Waals surface area contributed by atoms with Crippen LogP contribution in [0.2, 0.25) is 0 Å². The molecular formula is C15H12F2N2OS. The molecule has 0 saturated carbocycles. The second kappa shape index (κ2) is 6.41. The van der Waals surface area contributed by atoms with Gasteiger partial charge in [-0.15, -0.1) is 0 Å². The van der Waals surface area contributed by atoms with Crippen LogP contribution in [0.3, 0.4) is 0 Å². The van der Waals surface area contributed by atoms with E-state index in [1.54, 1.807) is 24.3 Å². The van der Waals surface area contributed by atoms with E-state index in [0.29, 0.717) is 5.56 Å². The van der Waals surface area contributed by atoms with Gasteiger partial charge in [-0.25, -0.2) is 8.78 Å². The zero-order valence-electron chi connectivity index (χ0n) is 10.9.